The lowest BCUT2D eigenvalue weighted by atomic mass is 10.0. The SMILES string of the molecule is CN(CCc1ccc(N)cc1)C1CCC2CC2CC1. The topological polar surface area (TPSA) is 29.3 Å². The van der Waals surface area contributed by atoms with Crippen molar-refractivity contribution >= 4 is 5.69 Å². The van der Waals surface area contributed by atoms with Crippen LogP contribution in [-0.2, 0) is 6.42 Å². The van der Waals surface area contributed by atoms with Gasteiger partial charge in [0.2, 0.25) is 0 Å². The summed E-state index contributed by atoms with van der Waals surface area (Å²) in [6, 6.07) is 9.15. The van der Waals surface area contributed by atoms with Crippen LogP contribution in [-0.4, -0.2) is 24.5 Å². The summed E-state index contributed by atoms with van der Waals surface area (Å²) < 4.78 is 0. The molecule has 2 heteroatoms. The highest BCUT2D eigenvalue weighted by Crippen LogP contribution is 2.48. The standard InChI is InChI=1S/C17H26N2/c1-19(11-10-13-2-6-16(18)7-3-13)17-8-4-14-12-15(14)5-9-17/h2-3,6-7,14-15,17H,4-5,8-12,18H2,1H3. The number of benzene rings is 1. The van der Waals surface area contributed by atoms with Gasteiger partial charge in [0.25, 0.3) is 0 Å². The summed E-state index contributed by atoms with van der Waals surface area (Å²) in [5.74, 6) is 2.19. The molecule has 0 aromatic heterocycles. The average molecular weight is 258 g/mol. The highest BCUT2D eigenvalue weighted by Gasteiger charge is 2.39. The first-order valence-electron chi connectivity index (χ1n) is 7.77. The van der Waals surface area contributed by atoms with E-state index in [0.29, 0.717) is 0 Å². The smallest absolute Gasteiger partial charge is 0.0314 e. The van der Waals surface area contributed by atoms with Crippen LogP contribution < -0.4 is 5.73 Å². The van der Waals surface area contributed by atoms with Crippen molar-refractivity contribution in [2.45, 2.75) is 44.6 Å². The normalized spacial score (nSPS) is 29.9. The molecule has 1 aromatic carbocycles. The minimum absolute atomic E-state index is 0.821. The number of hydrogen-bond donors (Lipinski definition) is 1. The molecule has 0 aliphatic heterocycles. The van der Waals surface area contributed by atoms with Gasteiger partial charge in [0.15, 0.2) is 0 Å². The van der Waals surface area contributed by atoms with Crippen LogP contribution in [0.4, 0.5) is 5.69 Å². The van der Waals surface area contributed by atoms with E-state index in [2.05, 4.69) is 24.1 Å². The second-order valence-corrected chi connectivity index (χ2v) is 6.54. The van der Waals surface area contributed by atoms with Gasteiger partial charge in [-0.2, -0.15) is 0 Å². The van der Waals surface area contributed by atoms with Gasteiger partial charge in [0.05, 0.1) is 0 Å². The number of nitrogens with two attached hydrogens (primary N) is 1. The Morgan fingerprint density at radius 1 is 1.05 bits per heavy atom. The number of rotatable bonds is 4. The number of fused-ring (bicyclic) bond motifs is 1. The maximum atomic E-state index is 5.72. The molecular weight excluding hydrogens is 232 g/mol. The Hall–Kier alpha value is -1.02. The molecule has 1 aromatic rings. The van der Waals surface area contributed by atoms with Gasteiger partial charge in [-0.25, -0.2) is 0 Å². The van der Waals surface area contributed by atoms with Crippen LogP contribution in [0, 0.1) is 11.8 Å². The molecule has 0 saturated heterocycles. The van der Waals surface area contributed by atoms with Gasteiger partial charge in [-0.15, -0.1) is 0 Å². The summed E-state index contributed by atoms with van der Waals surface area (Å²) in [6.07, 6.45) is 8.45. The molecule has 0 heterocycles. The van der Waals surface area contributed by atoms with Gasteiger partial charge in [0.1, 0.15) is 0 Å². The first-order chi connectivity index (χ1) is 9.22. The van der Waals surface area contributed by atoms with Crippen LogP contribution in [0.3, 0.4) is 0 Å². The van der Waals surface area contributed by atoms with Crippen LogP contribution in [0.1, 0.15) is 37.7 Å². The molecule has 104 valence electrons. The number of nitrogen functional groups attached to an aromatic ring is 1. The van der Waals surface area contributed by atoms with Crippen LogP contribution in [0.5, 0.6) is 0 Å². The molecule has 0 spiro atoms. The van der Waals surface area contributed by atoms with E-state index in [1.807, 2.05) is 12.1 Å². The predicted molar refractivity (Wildman–Crippen MR) is 81.0 cm³/mol. The molecule has 3 rings (SSSR count). The quantitative estimate of drug-likeness (QED) is 0.839. The second-order valence-electron chi connectivity index (χ2n) is 6.54. The Balaban J connectivity index is 1.47. The second kappa shape index (κ2) is 5.54. The Morgan fingerprint density at radius 2 is 1.68 bits per heavy atom. The van der Waals surface area contributed by atoms with Crippen molar-refractivity contribution in [3.8, 4) is 0 Å². The molecule has 19 heavy (non-hydrogen) atoms. The minimum Gasteiger partial charge on any atom is -0.399 e. The lowest BCUT2D eigenvalue weighted by molar-refractivity contribution is 0.219. The summed E-state index contributed by atoms with van der Waals surface area (Å²) >= 11 is 0. The van der Waals surface area contributed by atoms with E-state index in [0.717, 1.165) is 30.0 Å². The molecule has 0 amide bonds. The van der Waals surface area contributed by atoms with E-state index in [9.17, 15) is 0 Å². The maximum Gasteiger partial charge on any atom is 0.0314 e. The average Bonchev–Trinajstić information content (AvgIpc) is 3.16. The first-order valence-corrected chi connectivity index (χ1v) is 7.77. The fourth-order valence-corrected chi connectivity index (χ4v) is 3.59. The molecule has 2 aliphatic carbocycles. The summed E-state index contributed by atoms with van der Waals surface area (Å²) in [5.41, 5.74) is 7.99. The third-order valence-electron chi connectivity index (χ3n) is 5.17. The van der Waals surface area contributed by atoms with Crippen molar-refractivity contribution in [1.29, 1.82) is 0 Å². The Morgan fingerprint density at radius 3 is 2.32 bits per heavy atom. The zero-order valence-electron chi connectivity index (χ0n) is 12.0. The highest BCUT2D eigenvalue weighted by molar-refractivity contribution is 5.39. The number of nitrogens with zero attached hydrogens (tertiary/aromatic N) is 1. The van der Waals surface area contributed by atoms with Crippen molar-refractivity contribution in [3.05, 3.63) is 29.8 Å². The van der Waals surface area contributed by atoms with Crippen molar-refractivity contribution in [2.75, 3.05) is 19.3 Å². The fourth-order valence-electron chi connectivity index (χ4n) is 3.59. The van der Waals surface area contributed by atoms with Gasteiger partial charge in [0, 0.05) is 18.3 Å². The van der Waals surface area contributed by atoms with Crippen molar-refractivity contribution < 1.29 is 0 Å². The van der Waals surface area contributed by atoms with Crippen molar-refractivity contribution in [1.82, 2.24) is 4.90 Å². The summed E-state index contributed by atoms with van der Waals surface area (Å²) in [7, 11) is 2.30. The van der Waals surface area contributed by atoms with E-state index in [-0.39, 0.29) is 0 Å². The molecule has 2 atom stereocenters. The van der Waals surface area contributed by atoms with Gasteiger partial charge < -0.3 is 10.6 Å². The fraction of sp³-hybridized carbons (Fsp3) is 0.647. The number of likely N-dealkylation sites (N-methyl/N-ethyl adjacent to an activating group) is 1. The number of hydrogen-bond acceptors (Lipinski definition) is 2. The van der Waals surface area contributed by atoms with E-state index in [1.165, 1.54) is 44.2 Å². The van der Waals surface area contributed by atoms with E-state index in [1.54, 1.807) is 0 Å². The molecule has 0 radical (unpaired) electrons. The third kappa shape index (κ3) is 3.30. The van der Waals surface area contributed by atoms with Gasteiger partial charge in [-0.1, -0.05) is 12.1 Å². The van der Waals surface area contributed by atoms with Gasteiger partial charge in [-0.3, -0.25) is 0 Å². The van der Waals surface area contributed by atoms with Crippen molar-refractivity contribution in [3.63, 3.8) is 0 Å². The Kier molecular flexibility index (Phi) is 3.79. The molecule has 2 nitrogen and oxygen atoms in total. The van der Waals surface area contributed by atoms with Crippen LogP contribution in [0.2, 0.25) is 0 Å². The molecular formula is C17H26N2. The summed E-state index contributed by atoms with van der Waals surface area (Å²) in [6.45, 7) is 1.17. The molecule has 2 aliphatic rings. The minimum atomic E-state index is 0.821. The number of anilines is 1. The predicted octanol–water partition coefficient (Wildman–Crippen LogP) is 3.32. The monoisotopic (exact) mass is 258 g/mol. The Bertz CT molecular complexity index is 400. The summed E-state index contributed by atoms with van der Waals surface area (Å²) in [4.78, 5) is 2.58. The van der Waals surface area contributed by atoms with Crippen molar-refractivity contribution in [2.24, 2.45) is 11.8 Å². The van der Waals surface area contributed by atoms with E-state index >= 15 is 0 Å². The lowest BCUT2D eigenvalue weighted by Gasteiger charge is -2.27. The summed E-state index contributed by atoms with van der Waals surface area (Å²) in [5, 5.41) is 0. The zero-order chi connectivity index (χ0) is 13.2. The zero-order valence-corrected chi connectivity index (χ0v) is 12.0. The Labute approximate surface area is 117 Å². The third-order valence-corrected chi connectivity index (χ3v) is 5.17. The van der Waals surface area contributed by atoms with Crippen LogP contribution in [0.15, 0.2) is 24.3 Å². The maximum absolute atomic E-state index is 5.72. The van der Waals surface area contributed by atoms with Crippen LogP contribution in [0.25, 0.3) is 0 Å². The van der Waals surface area contributed by atoms with Crippen LogP contribution >= 0.6 is 0 Å². The largest absolute Gasteiger partial charge is 0.399 e. The molecule has 0 bridgehead atoms. The molecule has 2 fully saturated rings. The first kappa shape index (κ1) is 13.0. The molecule has 2 saturated carbocycles. The highest BCUT2D eigenvalue weighted by atomic mass is 15.1. The van der Waals surface area contributed by atoms with Gasteiger partial charge in [-0.05, 0) is 75.1 Å². The van der Waals surface area contributed by atoms with E-state index in [4.69, 9.17) is 5.73 Å². The molecule has 2 N–H and O–H groups in total. The molecule has 2 unspecified atom stereocenters. The van der Waals surface area contributed by atoms with Gasteiger partial charge >= 0.3 is 0 Å². The lowest BCUT2D eigenvalue weighted by Crippen LogP contribution is -2.33. The van der Waals surface area contributed by atoms with E-state index < -0.39 is 0 Å².